The molecule has 1 heterocycles. The van der Waals surface area contributed by atoms with Gasteiger partial charge < -0.3 is 40.3 Å². The summed E-state index contributed by atoms with van der Waals surface area (Å²) in [5.74, 6) is -0.202. The molecule has 0 aromatic heterocycles. The Bertz CT molecular complexity index is 1160. The van der Waals surface area contributed by atoms with Crippen LogP contribution in [0.1, 0.15) is 155 Å². The lowest BCUT2D eigenvalue weighted by molar-refractivity contribution is -0.302. The van der Waals surface area contributed by atoms with Crippen LogP contribution in [0.2, 0.25) is 0 Å². The number of hydrogen-bond acceptors (Lipinski definition) is 8. The number of amides is 1. The zero-order valence-electron chi connectivity index (χ0n) is 35.6. The minimum Gasteiger partial charge on any atom is -0.394 e. The molecule has 57 heavy (non-hydrogen) atoms. The quantitative estimate of drug-likeness (QED) is 0.0275. The molecule has 9 nitrogen and oxygen atoms in total. The Balaban J connectivity index is 2.28. The van der Waals surface area contributed by atoms with Crippen LogP contribution in [0, 0.1) is 0 Å². The fourth-order valence-corrected chi connectivity index (χ4v) is 6.37. The number of unbranched alkanes of at least 4 members (excludes halogenated alkanes) is 13. The molecule has 0 aliphatic carbocycles. The van der Waals surface area contributed by atoms with Gasteiger partial charge in [-0.3, -0.25) is 4.79 Å². The first-order valence-corrected chi connectivity index (χ1v) is 22.3. The van der Waals surface area contributed by atoms with Crippen molar-refractivity contribution in [1.82, 2.24) is 5.32 Å². The smallest absolute Gasteiger partial charge is 0.220 e. The number of carbonyl (C=O) groups excluding carboxylic acids is 1. The molecule has 1 saturated heterocycles. The van der Waals surface area contributed by atoms with E-state index < -0.39 is 49.5 Å². The maximum Gasteiger partial charge on any atom is 0.220 e. The molecule has 0 aromatic carbocycles. The van der Waals surface area contributed by atoms with Crippen LogP contribution in [-0.4, -0.2) is 87.5 Å². The van der Waals surface area contributed by atoms with Gasteiger partial charge in [0, 0.05) is 6.42 Å². The molecule has 7 atom stereocenters. The molecular formula is C48H81NO8. The van der Waals surface area contributed by atoms with Gasteiger partial charge in [-0.15, -0.1) is 0 Å². The van der Waals surface area contributed by atoms with Crippen molar-refractivity contribution in [1.29, 1.82) is 0 Å². The topological polar surface area (TPSA) is 149 Å². The normalized spacial score (nSPS) is 21.8. The van der Waals surface area contributed by atoms with Crippen molar-refractivity contribution in [3.05, 3.63) is 85.1 Å². The van der Waals surface area contributed by atoms with Crippen LogP contribution in [0.25, 0.3) is 0 Å². The molecule has 1 aliphatic heterocycles. The van der Waals surface area contributed by atoms with Crippen molar-refractivity contribution >= 4 is 5.91 Å². The van der Waals surface area contributed by atoms with Crippen LogP contribution in [0.4, 0.5) is 0 Å². The Morgan fingerprint density at radius 2 is 1.11 bits per heavy atom. The van der Waals surface area contributed by atoms with E-state index in [2.05, 4.69) is 92.1 Å². The maximum atomic E-state index is 12.9. The van der Waals surface area contributed by atoms with Crippen molar-refractivity contribution in [3.8, 4) is 0 Å². The molecule has 0 spiro atoms. The molecule has 1 amide bonds. The molecule has 0 saturated carbocycles. The monoisotopic (exact) mass is 800 g/mol. The number of rotatable bonds is 35. The van der Waals surface area contributed by atoms with Crippen LogP contribution in [0.15, 0.2) is 85.1 Å². The SMILES string of the molecule is CC/C=C\C/C=C\C/C=C\C/C=C\C/C=C\CCCCCCCCCCCC(=O)NC(COC1OC(CO)C(O)C(O)C1O)C(O)/C=C/CC/C=C/CCCCC. The third-order valence-electron chi connectivity index (χ3n) is 9.95. The van der Waals surface area contributed by atoms with Gasteiger partial charge in [-0.1, -0.05) is 157 Å². The largest absolute Gasteiger partial charge is 0.394 e. The number of carbonyl (C=O) groups is 1. The van der Waals surface area contributed by atoms with E-state index in [-0.39, 0.29) is 12.5 Å². The maximum absolute atomic E-state index is 12.9. The summed E-state index contributed by atoms with van der Waals surface area (Å²) in [6, 6.07) is -0.827. The first kappa shape index (κ1) is 52.4. The summed E-state index contributed by atoms with van der Waals surface area (Å²) in [5.41, 5.74) is 0. The highest BCUT2D eigenvalue weighted by atomic mass is 16.7. The lowest BCUT2D eigenvalue weighted by atomic mass is 9.99. The number of ether oxygens (including phenoxy) is 2. The number of aliphatic hydroxyl groups is 5. The summed E-state index contributed by atoms with van der Waals surface area (Å²) in [4.78, 5) is 12.9. The lowest BCUT2D eigenvalue weighted by Crippen LogP contribution is -2.60. The molecule has 0 radical (unpaired) electrons. The third kappa shape index (κ3) is 28.4. The summed E-state index contributed by atoms with van der Waals surface area (Å²) < 4.78 is 11.1. The summed E-state index contributed by atoms with van der Waals surface area (Å²) in [6.45, 7) is 3.56. The zero-order chi connectivity index (χ0) is 41.6. The van der Waals surface area contributed by atoms with Gasteiger partial charge in [0.2, 0.25) is 5.91 Å². The standard InChI is InChI=1S/C48H81NO8/c1-3-5-7-9-11-13-14-15-16-17-18-19-20-21-22-23-24-25-26-27-28-30-32-34-36-38-44(52)49-41(42(51)37-35-33-31-29-12-10-8-6-4-2)40-56-48-47(55)46(54)45(53)43(39-50)57-48/h5,7,11-13,15-16,18-19,21-22,29,35,37,41-43,45-48,50-51,53-55H,3-4,6,8-10,14,17,20,23-28,30-34,36,38-40H2,1-2H3,(H,49,52)/b7-5-,13-11-,16-15-,19-18-,22-21-,29-12+,37-35+. The molecule has 326 valence electrons. The van der Waals surface area contributed by atoms with Crippen LogP contribution >= 0.6 is 0 Å². The fraction of sp³-hybridized carbons (Fsp3) is 0.688. The number of aliphatic hydroxyl groups excluding tert-OH is 5. The molecule has 0 bridgehead atoms. The van der Waals surface area contributed by atoms with E-state index in [9.17, 15) is 30.3 Å². The minimum atomic E-state index is -1.58. The van der Waals surface area contributed by atoms with Gasteiger partial charge in [-0.2, -0.15) is 0 Å². The zero-order valence-corrected chi connectivity index (χ0v) is 35.6. The average Bonchev–Trinajstić information content (AvgIpc) is 3.21. The summed E-state index contributed by atoms with van der Waals surface area (Å²) in [5, 5.41) is 53.9. The van der Waals surface area contributed by atoms with Crippen LogP contribution < -0.4 is 5.32 Å². The highest BCUT2D eigenvalue weighted by Gasteiger charge is 2.44. The Morgan fingerprint density at radius 3 is 1.68 bits per heavy atom. The van der Waals surface area contributed by atoms with Crippen LogP contribution in [-0.2, 0) is 14.3 Å². The van der Waals surface area contributed by atoms with E-state index in [1.165, 1.54) is 51.4 Å². The Hall–Kier alpha value is -2.63. The first-order chi connectivity index (χ1) is 27.8. The van der Waals surface area contributed by atoms with E-state index in [0.29, 0.717) is 6.42 Å². The fourth-order valence-electron chi connectivity index (χ4n) is 6.37. The predicted molar refractivity (Wildman–Crippen MR) is 235 cm³/mol. The van der Waals surface area contributed by atoms with E-state index in [1.807, 2.05) is 6.08 Å². The second-order valence-corrected chi connectivity index (χ2v) is 15.1. The van der Waals surface area contributed by atoms with Gasteiger partial charge in [-0.05, 0) is 77.0 Å². The third-order valence-corrected chi connectivity index (χ3v) is 9.95. The molecule has 6 N–H and O–H groups in total. The molecule has 0 aromatic rings. The predicted octanol–water partition coefficient (Wildman–Crippen LogP) is 9.16. The molecule has 1 rings (SSSR count). The van der Waals surface area contributed by atoms with Crippen molar-refractivity contribution in [2.24, 2.45) is 0 Å². The number of allylic oxidation sites excluding steroid dienone is 13. The van der Waals surface area contributed by atoms with E-state index in [1.54, 1.807) is 6.08 Å². The van der Waals surface area contributed by atoms with Gasteiger partial charge in [0.15, 0.2) is 6.29 Å². The van der Waals surface area contributed by atoms with Gasteiger partial charge >= 0.3 is 0 Å². The van der Waals surface area contributed by atoms with Gasteiger partial charge in [0.25, 0.3) is 0 Å². The lowest BCUT2D eigenvalue weighted by Gasteiger charge is -2.40. The van der Waals surface area contributed by atoms with Crippen molar-refractivity contribution in [2.45, 2.75) is 198 Å². The summed E-state index contributed by atoms with van der Waals surface area (Å²) >= 11 is 0. The van der Waals surface area contributed by atoms with Crippen molar-refractivity contribution in [2.75, 3.05) is 13.2 Å². The van der Waals surface area contributed by atoms with Gasteiger partial charge in [0.1, 0.15) is 24.4 Å². The Morgan fingerprint density at radius 1 is 0.614 bits per heavy atom. The van der Waals surface area contributed by atoms with Gasteiger partial charge in [0.05, 0.1) is 25.4 Å². The second kappa shape index (κ2) is 37.6. The van der Waals surface area contributed by atoms with Gasteiger partial charge in [-0.25, -0.2) is 0 Å². The highest BCUT2D eigenvalue weighted by Crippen LogP contribution is 2.22. The Kier molecular flexibility index (Phi) is 34.6. The molecular weight excluding hydrogens is 719 g/mol. The van der Waals surface area contributed by atoms with E-state index in [0.717, 1.165) is 83.5 Å². The van der Waals surface area contributed by atoms with E-state index in [4.69, 9.17) is 9.47 Å². The first-order valence-electron chi connectivity index (χ1n) is 22.3. The van der Waals surface area contributed by atoms with Crippen LogP contribution in [0.5, 0.6) is 0 Å². The van der Waals surface area contributed by atoms with E-state index >= 15 is 0 Å². The molecule has 9 heteroatoms. The molecule has 7 unspecified atom stereocenters. The highest BCUT2D eigenvalue weighted by molar-refractivity contribution is 5.76. The van der Waals surface area contributed by atoms with Crippen molar-refractivity contribution < 1.29 is 39.8 Å². The Labute approximate surface area is 346 Å². The summed E-state index contributed by atoms with van der Waals surface area (Å²) in [7, 11) is 0. The number of hydrogen-bond donors (Lipinski definition) is 6. The minimum absolute atomic E-state index is 0.202. The second-order valence-electron chi connectivity index (χ2n) is 15.1. The van der Waals surface area contributed by atoms with Crippen LogP contribution in [0.3, 0.4) is 0 Å². The summed E-state index contributed by atoms with van der Waals surface area (Å²) in [6.07, 6.45) is 45.0. The number of nitrogens with one attached hydrogen (secondary N) is 1. The molecule has 1 fully saturated rings. The molecule has 1 aliphatic rings. The van der Waals surface area contributed by atoms with Crippen molar-refractivity contribution in [3.63, 3.8) is 0 Å². The average molecular weight is 800 g/mol.